The maximum Gasteiger partial charge on any atom is 0.335 e. The second kappa shape index (κ2) is 11.2. The predicted octanol–water partition coefficient (Wildman–Crippen LogP) is 4.26. The fourth-order valence-corrected chi connectivity index (χ4v) is 3.50. The summed E-state index contributed by atoms with van der Waals surface area (Å²) in [6, 6.07) is 14.5. The maximum atomic E-state index is 11.2. The van der Waals surface area contributed by atoms with Crippen LogP contribution in [0.25, 0.3) is 0 Å². The van der Waals surface area contributed by atoms with Gasteiger partial charge in [-0.15, -0.1) is 0 Å². The summed E-state index contributed by atoms with van der Waals surface area (Å²) in [5.74, 6) is -1.36. The number of nitrogens with zero attached hydrogens (tertiary/aromatic N) is 1. The van der Waals surface area contributed by atoms with Gasteiger partial charge in [-0.3, -0.25) is 4.55 Å². The van der Waals surface area contributed by atoms with Gasteiger partial charge in [-0.1, -0.05) is 24.3 Å². The Balaban J connectivity index is 2.24. The Morgan fingerprint density at radius 2 is 1.84 bits per heavy atom. The number of allylic oxidation sites excluding steroid dienone is 3. The first-order valence-electron chi connectivity index (χ1n) is 9.72. The molecule has 2 aromatic carbocycles. The molecular weight excluding hydrogens is 416 g/mol. The summed E-state index contributed by atoms with van der Waals surface area (Å²) in [4.78, 5) is 11.2. The van der Waals surface area contributed by atoms with Gasteiger partial charge in [-0.05, 0) is 37.3 Å². The number of hydrogen-bond donors (Lipinski definition) is 3. The number of aromatic carboxylic acids is 1. The molecule has 0 aliphatic carbocycles. The van der Waals surface area contributed by atoms with Gasteiger partial charge in [0.25, 0.3) is 10.1 Å². The molecule has 0 spiro atoms. The molecule has 3 N–H and O–H groups in total. The largest absolute Gasteiger partial charge is 0.478 e. The number of nitrogens with one attached hydrogen (secondary N) is 1. The lowest BCUT2D eigenvalue weighted by Crippen LogP contribution is -2.18. The van der Waals surface area contributed by atoms with Crippen molar-refractivity contribution in [1.82, 2.24) is 0 Å². The Bertz CT molecular complexity index is 1100. The molecule has 0 bridgehead atoms. The molecule has 2 aromatic rings. The van der Waals surface area contributed by atoms with Crippen LogP contribution in [-0.2, 0) is 10.1 Å². The number of para-hydroxylation sites is 1. The SMILES string of the molecule is CC(/C=C/C=C/Nc1ccccc1)=[N+](/CCCS(=O)(=O)O)c1ccc(C(=O)O)cc1C. The first kappa shape index (κ1) is 24.0. The zero-order valence-electron chi connectivity index (χ0n) is 17.5. The van der Waals surface area contributed by atoms with E-state index in [-0.39, 0.29) is 17.7 Å². The Morgan fingerprint density at radius 1 is 1.13 bits per heavy atom. The standard InChI is InChI=1S/C23H26N2O5S/c1-18-17-20(23(26)27)12-13-22(18)25(15-8-16-31(28,29)30)19(2)9-6-7-14-24-21-10-4-3-5-11-21/h3-7,9-14,17H,8,15-16H2,1-2H3,(H2,26,27,28,29,30)/p+1. The molecule has 164 valence electrons. The van der Waals surface area contributed by atoms with Crippen molar-refractivity contribution >= 4 is 33.2 Å². The number of aryl methyl sites for hydroxylation is 1. The number of hydrogen-bond acceptors (Lipinski definition) is 4. The van der Waals surface area contributed by atoms with Gasteiger partial charge in [0.15, 0.2) is 5.71 Å². The fourth-order valence-electron chi connectivity index (χ4n) is 3.00. The lowest BCUT2D eigenvalue weighted by atomic mass is 10.1. The van der Waals surface area contributed by atoms with E-state index < -0.39 is 16.1 Å². The molecule has 7 nitrogen and oxygen atoms in total. The predicted molar refractivity (Wildman–Crippen MR) is 123 cm³/mol. The Hall–Kier alpha value is -3.23. The van der Waals surface area contributed by atoms with Crippen LogP contribution in [0.15, 0.2) is 73.0 Å². The number of rotatable bonds is 10. The van der Waals surface area contributed by atoms with Gasteiger partial charge >= 0.3 is 5.97 Å². The summed E-state index contributed by atoms with van der Waals surface area (Å²) in [6.07, 6.45) is 7.58. The molecule has 0 amide bonds. The van der Waals surface area contributed by atoms with Crippen molar-refractivity contribution in [3.05, 3.63) is 84.1 Å². The summed E-state index contributed by atoms with van der Waals surface area (Å²) < 4.78 is 33.1. The van der Waals surface area contributed by atoms with E-state index in [0.717, 1.165) is 22.6 Å². The zero-order chi connectivity index (χ0) is 22.9. The average molecular weight is 444 g/mol. The average Bonchev–Trinajstić information content (AvgIpc) is 2.71. The molecule has 0 aliphatic rings. The monoisotopic (exact) mass is 443 g/mol. The van der Waals surface area contributed by atoms with E-state index in [1.165, 1.54) is 6.07 Å². The molecule has 0 saturated carbocycles. The lowest BCUT2D eigenvalue weighted by Gasteiger charge is -2.09. The van der Waals surface area contributed by atoms with Crippen molar-refractivity contribution in [2.75, 3.05) is 17.6 Å². The highest BCUT2D eigenvalue weighted by Crippen LogP contribution is 2.21. The molecular formula is C23H27N2O5S+. The summed E-state index contributed by atoms with van der Waals surface area (Å²) in [7, 11) is -4.06. The van der Waals surface area contributed by atoms with Crippen molar-refractivity contribution in [2.24, 2.45) is 0 Å². The molecule has 0 radical (unpaired) electrons. The minimum absolute atomic E-state index is 0.183. The van der Waals surface area contributed by atoms with Crippen LogP contribution in [0.5, 0.6) is 0 Å². The number of carboxylic acid groups (broad SMARTS) is 1. The molecule has 0 atom stereocenters. The van der Waals surface area contributed by atoms with Crippen LogP contribution in [-0.4, -0.2) is 46.6 Å². The van der Waals surface area contributed by atoms with Crippen LogP contribution in [0.2, 0.25) is 0 Å². The third kappa shape index (κ3) is 8.19. The van der Waals surface area contributed by atoms with Gasteiger partial charge in [0.05, 0.1) is 11.3 Å². The molecule has 31 heavy (non-hydrogen) atoms. The van der Waals surface area contributed by atoms with Crippen molar-refractivity contribution < 1.29 is 27.4 Å². The highest BCUT2D eigenvalue weighted by Gasteiger charge is 2.18. The third-order valence-corrected chi connectivity index (χ3v) is 5.32. The second-order valence-electron chi connectivity index (χ2n) is 6.97. The number of carboxylic acids is 1. The van der Waals surface area contributed by atoms with Crippen LogP contribution >= 0.6 is 0 Å². The normalized spacial score (nSPS) is 12.9. The lowest BCUT2D eigenvalue weighted by molar-refractivity contribution is -0.440. The zero-order valence-corrected chi connectivity index (χ0v) is 18.3. The van der Waals surface area contributed by atoms with Gasteiger partial charge in [-0.2, -0.15) is 13.0 Å². The van der Waals surface area contributed by atoms with E-state index in [0.29, 0.717) is 6.54 Å². The Labute approximate surface area is 182 Å². The molecule has 0 fully saturated rings. The van der Waals surface area contributed by atoms with Crippen molar-refractivity contribution in [3.8, 4) is 0 Å². The number of benzene rings is 2. The Morgan fingerprint density at radius 3 is 2.45 bits per heavy atom. The highest BCUT2D eigenvalue weighted by atomic mass is 32.2. The number of carbonyl (C=O) groups is 1. The fraction of sp³-hybridized carbons (Fsp3) is 0.217. The van der Waals surface area contributed by atoms with Crippen LogP contribution in [0, 0.1) is 6.92 Å². The maximum absolute atomic E-state index is 11.2. The minimum Gasteiger partial charge on any atom is -0.478 e. The van der Waals surface area contributed by atoms with Crippen LogP contribution in [0.1, 0.15) is 29.3 Å². The van der Waals surface area contributed by atoms with Gasteiger partial charge in [0.1, 0.15) is 6.54 Å². The summed E-state index contributed by atoms with van der Waals surface area (Å²) >= 11 is 0. The van der Waals surface area contributed by atoms with Crippen molar-refractivity contribution in [1.29, 1.82) is 0 Å². The molecule has 0 saturated heterocycles. The van der Waals surface area contributed by atoms with E-state index in [1.807, 2.05) is 60.1 Å². The molecule has 0 heterocycles. The van der Waals surface area contributed by atoms with E-state index in [4.69, 9.17) is 4.55 Å². The van der Waals surface area contributed by atoms with E-state index in [2.05, 4.69) is 5.32 Å². The van der Waals surface area contributed by atoms with Crippen LogP contribution < -0.4 is 5.32 Å². The Kier molecular flexibility index (Phi) is 8.72. The van der Waals surface area contributed by atoms with Crippen molar-refractivity contribution in [2.45, 2.75) is 20.3 Å². The van der Waals surface area contributed by atoms with Crippen LogP contribution in [0.4, 0.5) is 11.4 Å². The van der Waals surface area contributed by atoms with Crippen molar-refractivity contribution in [3.63, 3.8) is 0 Å². The highest BCUT2D eigenvalue weighted by molar-refractivity contribution is 7.85. The van der Waals surface area contributed by atoms with E-state index >= 15 is 0 Å². The van der Waals surface area contributed by atoms with Gasteiger partial charge < -0.3 is 10.4 Å². The molecule has 0 unspecified atom stereocenters. The third-order valence-electron chi connectivity index (χ3n) is 4.51. The quantitative estimate of drug-likeness (QED) is 0.219. The van der Waals surface area contributed by atoms with Gasteiger partial charge in [0, 0.05) is 42.9 Å². The molecule has 0 aromatic heterocycles. The summed E-state index contributed by atoms with van der Waals surface area (Å²) in [5.41, 5.74) is 3.51. The topological polar surface area (TPSA) is 107 Å². The molecule has 0 aliphatic heterocycles. The molecule has 8 heteroatoms. The van der Waals surface area contributed by atoms with Crippen LogP contribution in [0.3, 0.4) is 0 Å². The molecule has 2 rings (SSSR count). The first-order valence-corrected chi connectivity index (χ1v) is 11.3. The number of anilines is 1. The van der Waals surface area contributed by atoms with E-state index in [1.54, 1.807) is 25.3 Å². The minimum atomic E-state index is -4.06. The smallest absolute Gasteiger partial charge is 0.335 e. The van der Waals surface area contributed by atoms with Gasteiger partial charge in [0.2, 0.25) is 5.69 Å². The van der Waals surface area contributed by atoms with Gasteiger partial charge in [-0.25, -0.2) is 4.79 Å². The summed E-state index contributed by atoms with van der Waals surface area (Å²) in [5, 5.41) is 12.3. The second-order valence-corrected chi connectivity index (χ2v) is 8.54. The summed E-state index contributed by atoms with van der Waals surface area (Å²) in [6.45, 7) is 4.03. The first-order chi connectivity index (χ1) is 14.7. The van der Waals surface area contributed by atoms with E-state index in [9.17, 15) is 18.3 Å².